The number of aromatic nitrogens is 2. The number of benzene rings is 1. The van der Waals surface area contributed by atoms with Gasteiger partial charge in [-0.1, -0.05) is 56.9 Å². The highest BCUT2D eigenvalue weighted by Gasteiger charge is 2.66. The number of H-pyrrole nitrogens is 2. The van der Waals surface area contributed by atoms with Crippen molar-refractivity contribution in [3.63, 3.8) is 0 Å². The number of ketones is 1. The maximum atomic E-state index is 14.4. The largest absolute Gasteiger partial charge is 0.388 e. The monoisotopic (exact) mass is 509 g/mol. The summed E-state index contributed by atoms with van der Waals surface area (Å²) in [4.78, 5) is 34.6. The van der Waals surface area contributed by atoms with Crippen LogP contribution in [0.3, 0.4) is 0 Å². The van der Waals surface area contributed by atoms with Crippen LogP contribution >= 0.6 is 0 Å². The lowest BCUT2D eigenvalue weighted by Crippen LogP contribution is -2.57. The molecule has 2 aliphatic carbocycles. The summed E-state index contributed by atoms with van der Waals surface area (Å²) in [5, 5.41) is 16.1. The van der Waals surface area contributed by atoms with Crippen molar-refractivity contribution in [2.75, 3.05) is 0 Å². The molecule has 2 fully saturated rings. The SMILES string of the molecule is C=C1[C@@H](C)[C@H]2[C@H](Cc3c[nH]c4ccccc34)NC(=O)C23c2c[nH]cc2C(=O)C(C)=C[C@@H](C)CC=C[C@H]3[C@@H]1O. The Kier molecular flexibility index (Phi) is 5.84. The number of Topliss-reactive ketones (excluding diaryl/α,β-unsaturated/α-hetero) is 1. The first-order chi connectivity index (χ1) is 18.2. The van der Waals surface area contributed by atoms with Crippen molar-refractivity contribution in [2.45, 2.75) is 51.2 Å². The lowest BCUT2D eigenvalue weighted by atomic mass is 9.51. The maximum absolute atomic E-state index is 14.4. The van der Waals surface area contributed by atoms with E-state index >= 15 is 0 Å². The van der Waals surface area contributed by atoms with Gasteiger partial charge in [0.25, 0.3) is 0 Å². The Morgan fingerprint density at radius 3 is 2.74 bits per heavy atom. The number of nitrogens with one attached hydrogen (secondary N) is 3. The minimum Gasteiger partial charge on any atom is -0.388 e. The van der Waals surface area contributed by atoms with Gasteiger partial charge in [0.15, 0.2) is 5.78 Å². The van der Waals surface area contributed by atoms with Crippen molar-refractivity contribution in [3.05, 3.63) is 95.5 Å². The van der Waals surface area contributed by atoms with E-state index in [4.69, 9.17) is 0 Å². The molecule has 6 rings (SSSR count). The van der Waals surface area contributed by atoms with Gasteiger partial charge in [-0.15, -0.1) is 0 Å². The van der Waals surface area contributed by atoms with Gasteiger partial charge in [0, 0.05) is 52.9 Å². The van der Waals surface area contributed by atoms with Crippen LogP contribution in [-0.4, -0.2) is 38.9 Å². The third-order valence-corrected chi connectivity index (χ3v) is 9.32. The second kappa shape index (κ2) is 8.98. The highest BCUT2D eigenvalue weighted by atomic mass is 16.3. The summed E-state index contributed by atoms with van der Waals surface area (Å²) in [7, 11) is 0. The minimum atomic E-state index is -1.12. The molecule has 1 unspecified atom stereocenters. The van der Waals surface area contributed by atoms with Gasteiger partial charge < -0.3 is 20.4 Å². The molecule has 4 N–H and O–H groups in total. The first-order valence-corrected chi connectivity index (χ1v) is 13.5. The van der Waals surface area contributed by atoms with E-state index in [1.807, 2.05) is 37.4 Å². The molecule has 2 aromatic heterocycles. The molecule has 1 aliphatic heterocycles. The summed E-state index contributed by atoms with van der Waals surface area (Å²) < 4.78 is 0. The summed E-state index contributed by atoms with van der Waals surface area (Å²) in [6, 6.07) is 7.98. The molecule has 1 saturated heterocycles. The summed E-state index contributed by atoms with van der Waals surface area (Å²) in [6.07, 6.45) is 12.1. The fourth-order valence-electron chi connectivity index (χ4n) is 7.51. The van der Waals surface area contributed by atoms with Crippen molar-refractivity contribution in [3.8, 4) is 0 Å². The van der Waals surface area contributed by atoms with E-state index in [0.29, 0.717) is 29.5 Å². The van der Waals surface area contributed by atoms with Crippen molar-refractivity contribution in [1.29, 1.82) is 0 Å². The lowest BCUT2D eigenvalue weighted by Gasteiger charge is -2.50. The van der Waals surface area contributed by atoms with E-state index < -0.39 is 17.4 Å². The van der Waals surface area contributed by atoms with Crippen LogP contribution in [0, 0.1) is 23.7 Å². The van der Waals surface area contributed by atoms with Gasteiger partial charge >= 0.3 is 0 Å². The minimum absolute atomic E-state index is 0.0821. The quantitative estimate of drug-likeness (QED) is 0.366. The molecule has 1 saturated carbocycles. The number of hydrogen-bond donors (Lipinski definition) is 4. The molecular weight excluding hydrogens is 474 g/mol. The van der Waals surface area contributed by atoms with E-state index in [9.17, 15) is 14.7 Å². The predicted molar refractivity (Wildman–Crippen MR) is 149 cm³/mol. The Bertz CT molecular complexity index is 1510. The van der Waals surface area contributed by atoms with Crippen LogP contribution in [0.5, 0.6) is 0 Å². The number of aliphatic hydroxyl groups is 1. The molecule has 0 bridgehead atoms. The van der Waals surface area contributed by atoms with E-state index in [1.165, 1.54) is 0 Å². The van der Waals surface area contributed by atoms with Gasteiger partial charge in [-0.05, 0) is 59.9 Å². The zero-order valence-corrected chi connectivity index (χ0v) is 22.1. The number of rotatable bonds is 2. The molecule has 7 atom stereocenters. The number of carbonyl (C=O) groups is 2. The molecule has 1 amide bonds. The number of aliphatic hydroxyl groups excluding tert-OH is 1. The van der Waals surface area contributed by atoms with E-state index in [0.717, 1.165) is 22.0 Å². The molecule has 196 valence electrons. The second-order valence-corrected chi connectivity index (χ2v) is 11.5. The summed E-state index contributed by atoms with van der Waals surface area (Å²) in [5.41, 5.74) is 3.65. The molecule has 3 aliphatic rings. The molecule has 1 spiro atoms. The topological polar surface area (TPSA) is 98.0 Å². The van der Waals surface area contributed by atoms with Gasteiger partial charge in [-0.25, -0.2) is 0 Å². The Morgan fingerprint density at radius 1 is 1.13 bits per heavy atom. The van der Waals surface area contributed by atoms with E-state index in [-0.39, 0.29) is 35.5 Å². The fraction of sp³-hybridized carbons (Fsp3) is 0.375. The van der Waals surface area contributed by atoms with Crippen LogP contribution in [0.15, 0.2) is 78.8 Å². The Morgan fingerprint density at radius 2 is 1.92 bits per heavy atom. The number of amides is 1. The van der Waals surface area contributed by atoms with E-state index in [2.05, 4.69) is 53.9 Å². The van der Waals surface area contributed by atoms with Crippen LogP contribution < -0.4 is 5.32 Å². The van der Waals surface area contributed by atoms with E-state index in [1.54, 1.807) is 12.4 Å². The molecule has 6 nitrogen and oxygen atoms in total. The number of hydrogen-bond acceptors (Lipinski definition) is 3. The van der Waals surface area contributed by atoms with Gasteiger partial charge in [0.05, 0.1) is 11.5 Å². The van der Waals surface area contributed by atoms with Crippen LogP contribution in [0.25, 0.3) is 10.9 Å². The lowest BCUT2D eigenvalue weighted by molar-refractivity contribution is -0.129. The van der Waals surface area contributed by atoms with Crippen molar-refractivity contribution >= 4 is 22.6 Å². The molecular formula is C32H35N3O3. The average Bonchev–Trinajstić information content (AvgIpc) is 3.61. The smallest absolute Gasteiger partial charge is 0.232 e. The maximum Gasteiger partial charge on any atom is 0.232 e. The normalized spacial score (nSPS) is 33.3. The van der Waals surface area contributed by atoms with Crippen molar-refractivity contribution < 1.29 is 14.7 Å². The summed E-state index contributed by atoms with van der Waals surface area (Å²) in [6.45, 7) is 10.3. The average molecular weight is 510 g/mol. The molecule has 3 aromatic rings. The van der Waals surface area contributed by atoms with Crippen molar-refractivity contribution in [2.24, 2.45) is 23.7 Å². The fourth-order valence-corrected chi connectivity index (χ4v) is 7.51. The van der Waals surface area contributed by atoms with Gasteiger partial charge in [-0.3, -0.25) is 9.59 Å². The first-order valence-electron chi connectivity index (χ1n) is 13.5. The second-order valence-electron chi connectivity index (χ2n) is 11.5. The molecule has 0 radical (unpaired) electrons. The first kappa shape index (κ1) is 24.7. The number of allylic oxidation sites excluding steroid dienone is 3. The Balaban J connectivity index is 1.56. The zero-order valence-electron chi connectivity index (χ0n) is 22.1. The third kappa shape index (κ3) is 3.43. The van der Waals surface area contributed by atoms with Crippen LogP contribution in [0.1, 0.15) is 48.7 Å². The predicted octanol–water partition coefficient (Wildman–Crippen LogP) is 5.00. The standard InChI is InChI=1S/C32H35N3O3/c1-17-8-7-10-24-30(37)20(4)19(3)28-27(13-21-14-34-26-11-6-5-9-22(21)26)35-31(38)32(24,28)25-16-33-15-23(25)29(36)18(2)12-17/h5-7,9-12,14-17,19,24,27-28,30,33-34,37H,4,8,13H2,1-3H3,(H,35,38)/t17-,19+,24-,27-,28-,30+,32?/m0/s1. The van der Waals surface area contributed by atoms with Crippen LogP contribution in [0.4, 0.5) is 0 Å². The number of aromatic amines is 2. The highest BCUT2D eigenvalue weighted by Crippen LogP contribution is 2.57. The van der Waals surface area contributed by atoms with Crippen molar-refractivity contribution in [1.82, 2.24) is 15.3 Å². The van der Waals surface area contributed by atoms with Crippen LogP contribution in [0.2, 0.25) is 0 Å². The third-order valence-electron chi connectivity index (χ3n) is 9.32. The highest BCUT2D eigenvalue weighted by molar-refractivity contribution is 6.11. The summed E-state index contributed by atoms with van der Waals surface area (Å²) in [5.74, 6) is -0.972. The molecule has 3 heterocycles. The molecule has 6 heteroatoms. The van der Waals surface area contributed by atoms with Gasteiger partial charge in [-0.2, -0.15) is 0 Å². The zero-order chi connectivity index (χ0) is 26.8. The molecule has 1 aromatic carbocycles. The molecule has 38 heavy (non-hydrogen) atoms. The number of fused-ring (bicyclic) bond motifs is 2. The van der Waals surface area contributed by atoms with Gasteiger partial charge in [0.1, 0.15) is 0 Å². The Labute approximate surface area is 222 Å². The Hall–Kier alpha value is -3.64. The van der Waals surface area contributed by atoms with Gasteiger partial charge in [0.2, 0.25) is 5.91 Å². The number of para-hydroxylation sites is 1. The van der Waals surface area contributed by atoms with Crippen LogP contribution in [-0.2, 0) is 16.6 Å². The number of carbonyl (C=O) groups excluding carboxylic acids is 2. The summed E-state index contributed by atoms with van der Waals surface area (Å²) >= 11 is 0.